The van der Waals surface area contributed by atoms with E-state index in [1.807, 2.05) is 12.1 Å². The first kappa shape index (κ1) is 15.6. The van der Waals surface area contributed by atoms with Crippen LogP contribution in [0.5, 0.6) is 0 Å². The van der Waals surface area contributed by atoms with E-state index in [1.165, 1.54) is 41.2 Å². The van der Waals surface area contributed by atoms with E-state index in [9.17, 15) is 0 Å². The van der Waals surface area contributed by atoms with Gasteiger partial charge in [0.05, 0.1) is 10.2 Å². The minimum atomic E-state index is 0.778. The molecule has 0 amide bonds. The number of halogens is 1. The highest BCUT2D eigenvalue weighted by atomic mass is 35.5. The molecule has 4 heteroatoms. The molecule has 128 valence electrons. The van der Waals surface area contributed by atoms with Crippen molar-refractivity contribution in [1.29, 1.82) is 0 Å². The second kappa shape index (κ2) is 5.77. The molecule has 0 atom stereocenters. The van der Waals surface area contributed by atoms with Gasteiger partial charge in [0.15, 0.2) is 0 Å². The Bertz CT molecular complexity index is 1490. The average Bonchev–Trinajstić information content (AvgIpc) is 3.27. The van der Waals surface area contributed by atoms with Gasteiger partial charge in [-0.25, -0.2) is 4.98 Å². The first-order valence-electron chi connectivity index (χ1n) is 8.67. The van der Waals surface area contributed by atoms with E-state index in [-0.39, 0.29) is 0 Å². The van der Waals surface area contributed by atoms with Gasteiger partial charge in [-0.15, -0.1) is 22.7 Å². The van der Waals surface area contributed by atoms with Crippen molar-refractivity contribution in [1.82, 2.24) is 4.98 Å². The molecule has 0 saturated carbocycles. The number of thiazole rings is 1. The molecular formula is C23H12ClNS2. The van der Waals surface area contributed by atoms with Gasteiger partial charge < -0.3 is 0 Å². The van der Waals surface area contributed by atoms with Gasteiger partial charge in [-0.3, -0.25) is 0 Å². The smallest absolute Gasteiger partial charge is 0.124 e. The summed E-state index contributed by atoms with van der Waals surface area (Å²) in [6.07, 6.45) is 0. The Hall–Kier alpha value is -2.46. The summed E-state index contributed by atoms with van der Waals surface area (Å²) < 4.78 is 3.70. The Kier molecular flexibility index (Phi) is 3.33. The summed E-state index contributed by atoms with van der Waals surface area (Å²) in [5, 5.41) is 6.82. The predicted octanol–water partition coefficient (Wildman–Crippen LogP) is 8.14. The van der Waals surface area contributed by atoms with Crippen LogP contribution in [0.25, 0.3) is 51.7 Å². The van der Waals surface area contributed by atoms with Crippen LogP contribution >= 0.6 is 34.3 Å². The third-order valence-electron chi connectivity index (χ3n) is 4.95. The number of nitrogens with zero attached hydrogens (tertiary/aromatic N) is 1. The molecule has 4 aromatic carbocycles. The lowest BCUT2D eigenvalue weighted by molar-refractivity contribution is 1.50. The van der Waals surface area contributed by atoms with Crippen LogP contribution in [0.2, 0.25) is 5.02 Å². The zero-order valence-electron chi connectivity index (χ0n) is 14.1. The molecule has 2 heterocycles. The minimum absolute atomic E-state index is 0.778. The van der Waals surface area contributed by atoms with Gasteiger partial charge in [-0.1, -0.05) is 54.1 Å². The molecule has 1 nitrogen and oxygen atoms in total. The van der Waals surface area contributed by atoms with E-state index in [0.717, 1.165) is 15.5 Å². The third-order valence-corrected chi connectivity index (χ3v) is 7.37. The monoisotopic (exact) mass is 401 g/mol. The van der Waals surface area contributed by atoms with Gasteiger partial charge in [0.2, 0.25) is 0 Å². The maximum Gasteiger partial charge on any atom is 0.124 e. The molecule has 0 aliphatic heterocycles. The summed E-state index contributed by atoms with van der Waals surface area (Å²) >= 11 is 9.72. The molecule has 2 aromatic heterocycles. The maximum atomic E-state index is 6.19. The second-order valence-electron chi connectivity index (χ2n) is 6.61. The summed E-state index contributed by atoms with van der Waals surface area (Å²) in [5.74, 6) is 0. The van der Waals surface area contributed by atoms with Crippen molar-refractivity contribution >= 4 is 75.4 Å². The van der Waals surface area contributed by atoms with E-state index in [1.54, 1.807) is 22.7 Å². The van der Waals surface area contributed by atoms with Gasteiger partial charge in [0.1, 0.15) is 5.01 Å². The molecule has 0 spiro atoms. The summed E-state index contributed by atoms with van der Waals surface area (Å²) in [5.41, 5.74) is 2.26. The second-order valence-corrected chi connectivity index (χ2v) is 9.16. The van der Waals surface area contributed by atoms with Crippen LogP contribution in [0.1, 0.15) is 0 Å². The Morgan fingerprint density at radius 2 is 1.56 bits per heavy atom. The summed E-state index contributed by atoms with van der Waals surface area (Å²) in [7, 11) is 0. The molecule has 0 aliphatic rings. The number of hydrogen-bond acceptors (Lipinski definition) is 3. The zero-order valence-corrected chi connectivity index (χ0v) is 16.5. The Labute approximate surface area is 168 Å². The highest BCUT2D eigenvalue weighted by Gasteiger charge is 2.14. The normalized spacial score (nSPS) is 11.9. The highest BCUT2D eigenvalue weighted by Crippen LogP contribution is 2.42. The molecular weight excluding hydrogens is 390 g/mol. The maximum absolute atomic E-state index is 6.19. The number of hydrogen-bond donors (Lipinski definition) is 0. The Morgan fingerprint density at radius 1 is 0.704 bits per heavy atom. The number of thiophene rings is 1. The number of benzene rings is 4. The van der Waals surface area contributed by atoms with E-state index in [2.05, 4.69) is 60.7 Å². The Morgan fingerprint density at radius 3 is 2.48 bits per heavy atom. The van der Waals surface area contributed by atoms with Gasteiger partial charge in [-0.05, 0) is 41.1 Å². The topological polar surface area (TPSA) is 12.9 Å². The van der Waals surface area contributed by atoms with Gasteiger partial charge >= 0.3 is 0 Å². The molecule has 0 saturated heterocycles. The Balaban J connectivity index is 1.64. The van der Waals surface area contributed by atoms with Gasteiger partial charge in [0, 0.05) is 30.8 Å². The highest BCUT2D eigenvalue weighted by molar-refractivity contribution is 7.26. The molecule has 6 rings (SSSR count). The van der Waals surface area contributed by atoms with Crippen LogP contribution in [0, 0.1) is 0 Å². The number of rotatable bonds is 1. The first-order valence-corrected chi connectivity index (χ1v) is 10.7. The number of aromatic nitrogens is 1. The van der Waals surface area contributed by atoms with Crippen molar-refractivity contribution in [2.75, 3.05) is 0 Å². The molecule has 0 bridgehead atoms. The van der Waals surface area contributed by atoms with E-state index in [4.69, 9.17) is 16.6 Å². The summed E-state index contributed by atoms with van der Waals surface area (Å²) in [6.45, 7) is 0. The van der Waals surface area contributed by atoms with Crippen molar-refractivity contribution in [2.45, 2.75) is 0 Å². The molecule has 0 aliphatic carbocycles. The van der Waals surface area contributed by atoms with Gasteiger partial charge in [0.25, 0.3) is 0 Å². The predicted molar refractivity (Wildman–Crippen MR) is 120 cm³/mol. The summed E-state index contributed by atoms with van der Waals surface area (Å²) in [6, 6.07) is 25.5. The standard InChI is InChI=1S/C23H12ClNS2/c24-16-7-8-17-20(12-16)26-18-9-10-19-22(21(17)18)25-23(27-19)15-6-5-13-3-1-2-4-14(13)11-15/h1-12H. The van der Waals surface area contributed by atoms with Crippen LogP contribution in [0.15, 0.2) is 72.8 Å². The van der Waals surface area contributed by atoms with Crippen LogP contribution in [0.3, 0.4) is 0 Å². The molecule has 0 N–H and O–H groups in total. The molecule has 27 heavy (non-hydrogen) atoms. The van der Waals surface area contributed by atoms with Crippen molar-refractivity contribution in [2.24, 2.45) is 0 Å². The van der Waals surface area contributed by atoms with Gasteiger partial charge in [-0.2, -0.15) is 0 Å². The SMILES string of the molecule is Clc1ccc2c(c1)sc1ccc3sc(-c4ccc5ccccc5c4)nc3c12. The lowest BCUT2D eigenvalue weighted by Crippen LogP contribution is -1.78. The van der Waals surface area contributed by atoms with Crippen LogP contribution < -0.4 is 0 Å². The van der Waals surface area contributed by atoms with E-state index >= 15 is 0 Å². The largest absolute Gasteiger partial charge is 0.235 e. The van der Waals surface area contributed by atoms with Crippen LogP contribution in [-0.2, 0) is 0 Å². The lowest BCUT2D eigenvalue weighted by Gasteiger charge is -2.00. The van der Waals surface area contributed by atoms with Crippen molar-refractivity contribution in [3.05, 3.63) is 77.8 Å². The zero-order chi connectivity index (χ0) is 18.0. The van der Waals surface area contributed by atoms with Crippen molar-refractivity contribution in [3.63, 3.8) is 0 Å². The fourth-order valence-corrected chi connectivity index (χ4v) is 6.03. The van der Waals surface area contributed by atoms with Crippen molar-refractivity contribution < 1.29 is 0 Å². The average molecular weight is 402 g/mol. The first-order chi connectivity index (χ1) is 13.3. The van der Waals surface area contributed by atoms with E-state index in [0.29, 0.717) is 0 Å². The number of fused-ring (bicyclic) bond motifs is 6. The van der Waals surface area contributed by atoms with E-state index < -0.39 is 0 Å². The summed E-state index contributed by atoms with van der Waals surface area (Å²) in [4.78, 5) is 5.05. The molecule has 0 unspecified atom stereocenters. The molecule has 6 aromatic rings. The van der Waals surface area contributed by atoms with Crippen molar-refractivity contribution in [3.8, 4) is 10.6 Å². The molecule has 0 radical (unpaired) electrons. The third kappa shape index (κ3) is 2.39. The van der Waals surface area contributed by atoms with Crippen LogP contribution in [0.4, 0.5) is 0 Å². The lowest BCUT2D eigenvalue weighted by atomic mass is 10.1. The van der Waals surface area contributed by atoms with Crippen LogP contribution in [-0.4, -0.2) is 4.98 Å². The fraction of sp³-hybridized carbons (Fsp3) is 0. The fourth-order valence-electron chi connectivity index (χ4n) is 3.67. The quantitative estimate of drug-likeness (QED) is 0.271. The molecule has 0 fully saturated rings. The minimum Gasteiger partial charge on any atom is -0.235 e.